The molecule has 0 aliphatic heterocycles. The van der Waals surface area contributed by atoms with E-state index in [1.165, 1.54) is 12.1 Å². The summed E-state index contributed by atoms with van der Waals surface area (Å²) >= 11 is 0. The molecule has 3 aliphatic rings. The van der Waals surface area contributed by atoms with Crippen LogP contribution in [-0.2, 0) is 10.4 Å². The van der Waals surface area contributed by atoms with Gasteiger partial charge in [0.05, 0.1) is 0 Å². The summed E-state index contributed by atoms with van der Waals surface area (Å²) in [6.07, 6.45) is 3.31. The largest absolute Gasteiger partial charge is 0.377 e. The summed E-state index contributed by atoms with van der Waals surface area (Å²) in [5, 5.41) is 11.3. The molecule has 0 spiro atoms. The van der Waals surface area contributed by atoms with Gasteiger partial charge in [0.2, 0.25) is 0 Å². The standard InChI is InChI=1S/C21H17FO2/c22-13-6-7-15-16-9-8-14(12-4-2-1-3-5-12)17-11-19(23)21(24,20(16)17)18(15)10-13/h1-8,10,16-17,20,24H,9,11H2. The molecule has 2 nitrogen and oxygen atoms in total. The van der Waals surface area contributed by atoms with Gasteiger partial charge in [-0.25, -0.2) is 4.39 Å². The minimum Gasteiger partial charge on any atom is -0.377 e. The number of benzene rings is 2. The average Bonchev–Trinajstić information content (AvgIpc) is 3.02. The van der Waals surface area contributed by atoms with Crippen molar-refractivity contribution in [3.8, 4) is 0 Å². The van der Waals surface area contributed by atoms with Gasteiger partial charge in [-0.15, -0.1) is 0 Å². The second-order valence-electron chi connectivity index (χ2n) is 7.13. The predicted octanol–water partition coefficient (Wildman–Crippen LogP) is 3.80. The number of hydrogen-bond donors (Lipinski definition) is 1. The number of ketones is 1. The van der Waals surface area contributed by atoms with Crippen LogP contribution >= 0.6 is 0 Å². The molecular weight excluding hydrogens is 303 g/mol. The first-order chi connectivity index (χ1) is 11.6. The van der Waals surface area contributed by atoms with E-state index in [0.29, 0.717) is 12.0 Å². The molecule has 4 unspecified atom stereocenters. The van der Waals surface area contributed by atoms with Crippen molar-refractivity contribution in [2.45, 2.75) is 24.4 Å². The summed E-state index contributed by atoms with van der Waals surface area (Å²) in [5.74, 6) is -0.653. The number of allylic oxidation sites excluding steroid dienone is 2. The van der Waals surface area contributed by atoms with Gasteiger partial charge < -0.3 is 5.11 Å². The Morgan fingerprint density at radius 2 is 1.88 bits per heavy atom. The van der Waals surface area contributed by atoms with E-state index in [1.54, 1.807) is 6.07 Å². The third-order valence-electron chi connectivity index (χ3n) is 6.10. The summed E-state index contributed by atoms with van der Waals surface area (Å²) in [6.45, 7) is 0. The minimum absolute atomic E-state index is 0.000823. The van der Waals surface area contributed by atoms with E-state index >= 15 is 0 Å². The summed E-state index contributed by atoms with van der Waals surface area (Å²) in [6, 6.07) is 14.6. The third-order valence-corrected chi connectivity index (χ3v) is 6.10. The molecule has 120 valence electrons. The Morgan fingerprint density at radius 1 is 1.08 bits per heavy atom. The van der Waals surface area contributed by atoms with Gasteiger partial charge in [-0.2, -0.15) is 0 Å². The molecule has 1 N–H and O–H groups in total. The number of carbonyl (C=O) groups is 1. The van der Waals surface area contributed by atoms with Crippen molar-refractivity contribution in [1.82, 2.24) is 0 Å². The van der Waals surface area contributed by atoms with Crippen LogP contribution in [0, 0.1) is 17.7 Å². The zero-order chi connectivity index (χ0) is 16.5. The van der Waals surface area contributed by atoms with Crippen LogP contribution in [-0.4, -0.2) is 10.9 Å². The maximum absolute atomic E-state index is 13.8. The van der Waals surface area contributed by atoms with Crippen LogP contribution in [0.4, 0.5) is 4.39 Å². The first-order valence-corrected chi connectivity index (χ1v) is 8.42. The number of halogens is 1. The number of carbonyl (C=O) groups excluding carboxylic acids is 1. The molecule has 2 aromatic rings. The highest BCUT2D eigenvalue weighted by Crippen LogP contribution is 2.63. The van der Waals surface area contributed by atoms with Crippen LogP contribution < -0.4 is 0 Å². The van der Waals surface area contributed by atoms with Crippen LogP contribution in [0.5, 0.6) is 0 Å². The number of aliphatic hydroxyl groups is 1. The van der Waals surface area contributed by atoms with Gasteiger partial charge in [-0.05, 0) is 52.7 Å². The fourth-order valence-corrected chi connectivity index (χ4v) is 5.18. The highest BCUT2D eigenvalue weighted by molar-refractivity contribution is 5.96. The van der Waals surface area contributed by atoms with Gasteiger partial charge >= 0.3 is 0 Å². The van der Waals surface area contributed by atoms with E-state index in [4.69, 9.17) is 0 Å². The van der Waals surface area contributed by atoms with E-state index in [9.17, 15) is 14.3 Å². The second kappa shape index (κ2) is 4.64. The van der Waals surface area contributed by atoms with Crippen molar-refractivity contribution >= 4 is 11.4 Å². The lowest BCUT2D eigenvalue weighted by atomic mass is 9.70. The summed E-state index contributed by atoms with van der Waals surface area (Å²) < 4.78 is 13.8. The lowest BCUT2D eigenvalue weighted by Gasteiger charge is -2.34. The molecule has 1 fully saturated rings. The van der Waals surface area contributed by atoms with Crippen molar-refractivity contribution in [2.75, 3.05) is 0 Å². The maximum atomic E-state index is 13.8. The van der Waals surface area contributed by atoms with Crippen molar-refractivity contribution in [2.24, 2.45) is 11.8 Å². The zero-order valence-electron chi connectivity index (χ0n) is 13.1. The first kappa shape index (κ1) is 14.1. The maximum Gasteiger partial charge on any atom is 0.169 e. The van der Waals surface area contributed by atoms with Crippen molar-refractivity contribution in [1.29, 1.82) is 0 Å². The number of Topliss-reactive ketones (excluding diaryl/α,β-unsaturated/α-hetero) is 1. The molecule has 2 aromatic carbocycles. The molecule has 5 rings (SSSR count). The monoisotopic (exact) mass is 320 g/mol. The molecule has 3 aliphatic carbocycles. The molecule has 0 amide bonds. The molecule has 24 heavy (non-hydrogen) atoms. The molecule has 0 heterocycles. The van der Waals surface area contributed by atoms with E-state index in [2.05, 4.69) is 18.2 Å². The predicted molar refractivity (Wildman–Crippen MR) is 88.7 cm³/mol. The minimum atomic E-state index is -1.53. The molecule has 3 heteroatoms. The van der Waals surface area contributed by atoms with E-state index in [0.717, 1.165) is 23.1 Å². The second-order valence-corrected chi connectivity index (χ2v) is 7.13. The van der Waals surface area contributed by atoms with Gasteiger partial charge in [-0.3, -0.25) is 4.79 Å². The smallest absolute Gasteiger partial charge is 0.169 e. The number of fused-ring (bicyclic) bond motifs is 3. The van der Waals surface area contributed by atoms with E-state index < -0.39 is 11.4 Å². The normalized spacial score (nSPS) is 33.2. The molecule has 1 saturated carbocycles. The Balaban J connectivity index is 1.69. The Labute approximate surface area is 139 Å². The zero-order valence-corrected chi connectivity index (χ0v) is 13.1. The highest BCUT2D eigenvalue weighted by atomic mass is 19.1. The fourth-order valence-electron chi connectivity index (χ4n) is 5.18. The van der Waals surface area contributed by atoms with Crippen LogP contribution in [0.3, 0.4) is 0 Å². The van der Waals surface area contributed by atoms with Crippen molar-refractivity contribution in [3.05, 3.63) is 77.1 Å². The topological polar surface area (TPSA) is 37.3 Å². The third kappa shape index (κ3) is 1.60. The highest BCUT2D eigenvalue weighted by Gasteiger charge is 2.64. The van der Waals surface area contributed by atoms with Gasteiger partial charge in [0.15, 0.2) is 11.4 Å². The molecule has 0 bridgehead atoms. The molecule has 0 radical (unpaired) electrons. The number of hydrogen-bond acceptors (Lipinski definition) is 2. The molecule has 0 saturated heterocycles. The van der Waals surface area contributed by atoms with Gasteiger partial charge in [0, 0.05) is 12.3 Å². The Hall–Kier alpha value is -2.26. The SMILES string of the molecule is O=C1CC2C(c3ccccc3)=CCC3c4ccc(F)cc4C1(O)C23. The van der Waals surface area contributed by atoms with Crippen LogP contribution in [0.15, 0.2) is 54.6 Å². The molecule has 0 aromatic heterocycles. The lowest BCUT2D eigenvalue weighted by Crippen LogP contribution is -2.36. The van der Waals surface area contributed by atoms with Crippen molar-refractivity contribution < 1.29 is 14.3 Å². The Kier molecular flexibility index (Phi) is 2.73. The van der Waals surface area contributed by atoms with E-state index in [1.807, 2.05) is 18.2 Å². The quantitative estimate of drug-likeness (QED) is 0.868. The van der Waals surface area contributed by atoms with Crippen molar-refractivity contribution in [3.63, 3.8) is 0 Å². The molecule has 4 atom stereocenters. The van der Waals surface area contributed by atoms with Gasteiger partial charge in [0.25, 0.3) is 0 Å². The Bertz CT molecular complexity index is 886. The van der Waals surface area contributed by atoms with Crippen LogP contribution in [0.2, 0.25) is 0 Å². The van der Waals surface area contributed by atoms with Gasteiger partial charge in [-0.1, -0.05) is 42.5 Å². The summed E-state index contributed by atoms with van der Waals surface area (Å²) in [5.41, 5.74) is 2.16. The van der Waals surface area contributed by atoms with Crippen LogP contribution in [0.1, 0.15) is 35.4 Å². The van der Waals surface area contributed by atoms with Crippen LogP contribution in [0.25, 0.3) is 5.57 Å². The van der Waals surface area contributed by atoms with E-state index in [-0.39, 0.29) is 23.5 Å². The summed E-state index contributed by atoms with van der Waals surface area (Å²) in [4.78, 5) is 12.8. The lowest BCUT2D eigenvalue weighted by molar-refractivity contribution is -0.137. The first-order valence-electron chi connectivity index (χ1n) is 8.42. The fraction of sp³-hybridized carbons (Fsp3) is 0.286. The average molecular weight is 320 g/mol. The summed E-state index contributed by atoms with van der Waals surface area (Å²) in [7, 11) is 0. The Morgan fingerprint density at radius 3 is 2.67 bits per heavy atom. The van der Waals surface area contributed by atoms with Gasteiger partial charge in [0.1, 0.15) is 5.82 Å². The molecular formula is C21H17FO2. The number of rotatable bonds is 1.